The van der Waals surface area contributed by atoms with Gasteiger partial charge in [0.2, 0.25) is 0 Å². The van der Waals surface area contributed by atoms with E-state index in [1.165, 1.54) is 0 Å². The lowest BCUT2D eigenvalue weighted by atomic mass is 10.3. The minimum atomic E-state index is -2.98. The number of hydrogen-bond acceptors (Lipinski definition) is 4. The van der Waals surface area contributed by atoms with Crippen LogP contribution in [0.1, 0.15) is 26.2 Å². The van der Waals surface area contributed by atoms with Crippen LogP contribution in [-0.4, -0.2) is 45.7 Å². The Labute approximate surface area is 92.3 Å². The van der Waals surface area contributed by atoms with Crippen molar-refractivity contribution in [2.75, 3.05) is 25.2 Å². The number of ether oxygens (including phenoxy) is 1. The summed E-state index contributed by atoms with van der Waals surface area (Å²) in [7, 11) is -1.17. The molecule has 4 nitrogen and oxygen atoms in total. The molecule has 1 heterocycles. The molecule has 1 aliphatic heterocycles. The lowest BCUT2D eigenvalue weighted by molar-refractivity contribution is 0.127. The van der Waals surface area contributed by atoms with Crippen molar-refractivity contribution in [2.45, 2.75) is 38.3 Å². The van der Waals surface area contributed by atoms with Crippen molar-refractivity contribution < 1.29 is 13.2 Å². The van der Waals surface area contributed by atoms with Gasteiger partial charge in [0.1, 0.15) is 0 Å². The summed E-state index contributed by atoms with van der Waals surface area (Å²) in [4.78, 5) is 0. The fraction of sp³-hybridized carbons (Fsp3) is 1.00. The maximum Gasteiger partial charge on any atom is 0.154 e. The fourth-order valence-electron chi connectivity index (χ4n) is 1.84. The van der Waals surface area contributed by atoms with E-state index >= 15 is 0 Å². The zero-order chi connectivity index (χ0) is 11.3. The molecule has 0 aromatic rings. The number of nitrogens with one attached hydrogen (secondary N) is 1. The molecular formula is C10H21NO3S. The van der Waals surface area contributed by atoms with E-state index in [9.17, 15) is 8.42 Å². The third-order valence-corrected chi connectivity index (χ3v) is 4.61. The van der Waals surface area contributed by atoms with Crippen LogP contribution < -0.4 is 5.32 Å². The number of sulfone groups is 1. The SMILES string of the molecule is CCC(CS(=O)(=O)CC1CCCO1)NC. The van der Waals surface area contributed by atoms with Gasteiger partial charge in [-0.15, -0.1) is 0 Å². The minimum absolute atomic E-state index is 0.0654. The van der Waals surface area contributed by atoms with Crippen molar-refractivity contribution >= 4 is 9.84 Å². The second-order valence-corrected chi connectivity index (χ2v) is 6.26. The largest absolute Gasteiger partial charge is 0.377 e. The molecule has 1 N–H and O–H groups in total. The summed E-state index contributed by atoms with van der Waals surface area (Å²) < 4.78 is 28.9. The highest BCUT2D eigenvalue weighted by molar-refractivity contribution is 7.91. The van der Waals surface area contributed by atoms with E-state index in [-0.39, 0.29) is 23.7 Å². The highest BCUT2D eigenvalue weighted by atomic mass is 32.2. The van der Waals surface area contributed by atoms with Gasteiger partial charge in [0.05, 0.1) is 17.6 Å². The van der Waals surface area contributed by atoms with Crippen molar-refractivity contribution in [3.63, 3.8) is 0 Å². The minimum Gasteiger partial charge on any atom is -0.377 e. The Bertz CT molecular complexity index is 256. The standard InChI is InChI=1S/C10H21NO3S/c1-3-9(11-2)7-15(12,13)8-10-5-4-6-14-10/h9-11H,3-8H2,1-2H3. The summed E-state index contributed by atoms with van der Waals surface area (Å²) in [6, 6.07) is 0.0661. The van der Waals surface area contributed by atoms with E-state index in [0.717, 1.165) is 19.3 Å². The van der Waals surface area contributed by atoms with Gasteiger partial charge < -0.3 is 10.1 Å². The van der Waals surface area contributed by atoms with E-state index in [2.05, 4.69) is 5.32 Å². The smallest absolute Gasteiger partial charge is 0.154 e. The first-order valence-electron chi connectivity index (χ1n) is 5.56. The first kappa shape index (κ1) is 12.9. The van der Waals surface area contributed by atoms with Crippen LogP contribution in [0.15, 0.2) is 0 Å². The van der Waals surface area contributed by atoms with Crippen LogP contribution in [0.5, 0.6) is 0 Å². The topological polar surface area (TPSA) is 55.4 Å². The molecule has 0 amide bonds. The highest BCUT2D eigenvalue weighted by Gasteiger charge is 2.25. The van der Waals surface area contributed by atoms with E-state index in [4.69, 9.17) is 4.74 Å². The van der Waals surface area contributed by atoms with Crippen LogP contribution in [0.2, 0.25) is 0 Å². The molecule has 0 aromatic heterocycles. The molecule has 0 bridgehead atoms. The lowest BCUT2D eigenvalue weighted by Gasteiger charge is -2.15. The second-order valence-electron chi connectivity index (χ2n) is 4.11. The second kappa shape index (κ2) is 5.82. The molecule has 1 saturated heterocycles. The third-order valence-electron chi connectivity index (χ3n) is 2.82. The number of rotatable bonds is 6. The quantitative estimate of drug-likeness (QED) is 0.731. The highest BCUT2D eigenvalue weighted by Crippen LogP contribution is 2.14. The normalized spacial score (nSPS) is 24.3. The van der Waals surface area contributed by atoms with E-state index in [0.29, 0.717) is 6.61 Å². The molecule has 1 aliphatic rings. The van der Waals surface area contributed by atoms with Crippen molar-refractivity contribution in [1.29, 1.82) is 0 Å². The average molecular weight is 235 g/mol. The van der Waals surface area contributed by atoms with E-state index < -0.39 is 9.84 Å². The third kappa shape index (κ3) is 4.49. The van der Waals surface area contributed by atoms with Gasteiger partial charge in [-0.1, -0.05) is 6.92 Å². The van der Waals surface area contributed by atoms with Gasteiger partial charge in [-0.3, -0.25) is 0 Å². The predicted molar refractivity (Wildman–Crippen MR) is 60.8 cm³/mol. The molecule has 0 aromatic carbocycles. The fourth-order valence-corrected chi connectivity index (χ4v) is 3.82. The van der Waals surface area contributed by atoms with Gasteiger partial charge in [0, 0.05) is 12.6 Å². The Hall–Kier alpha value is -0.130. The Kier molecular flexibility index (Phi) is 5.02. The summed E-state index contributed by atoms with van der Waals surface area (Å²) in [5.41, 5.74) is 0. The van der Waals surface area contributed by atoms with E-state index in [1.807, 2.05) is 6.92 Å². The molecule has 0 radical (unpaired) electrons. The van der Waals surface area contributed by atoms with Gasteiger partial charge in [0.15, 0.2) is 9.84 Å². The Morgan fingerprint density at radius 1 is 1.53 bits per heavy atom. The van der Waals surface area contributed by atoms with Crippen LogP contribution in [0.4, 0.5) is 0 Å². The van der Waals surface area contributed by atoms with Crippen molar-refractivity contribution in [3.8, 4) is 0 Å². The molecule has 1 fully saturated rings. The summed E-state index contributed by atoms with van der Waals surface area (Å²) in [6.45, 7) is 2.70. The Morgan fingerprint density at radius 2 is 2.27 bits per heavy atom. The van der Waals surface area contributed by atoms with Crippen molar-refractivity contribution in [3.05, 3.63) is 0 Å². The molecule has 15 heavy (non-hydrogen) atoms. The molecule has 1 rings (SSSR count). The first-order chi connectivity index (χ1) is 7.07. The molecule has 5 heteroatoms. The molecule has 0 aliphatic carbocycles. The first-order valence-corrected chi connectivity index (χ1v) is 7.39. The zero-order valence-corrected chi connectivity index (χ0v) is 10.3. The van der Waals surface area contributed by atoms with Crippen LogP contribution in [-0.2, 0) is 14.6 Å². The molecular weight excluding hydrogens is 214 g/mol. The molecule has 2 unspecified atom stereocenters. The van der Waals surface area contributed by atoms with Crippen LogP contribution in [0.3, 0.4) is 0 Å². The van der Waals surface area contributed by atoms with Gasteiger partial charge in [-0.25, -0.2) is 8.42 Å². The monoisotopic (exact) mass is 235 g/mol. The lowest BCUT2D eigenvalue weighted by Crippen LogP contribution is -2.35. The van der Waals surface area contributed by atoms with E-state index in [1.54, 1.807) is 7.05 Å². The summed E-state index contributed by atoms with van der Waals surface area (Å²) in [5, 5.41) is 3.01. The van der Waals surface area contributed by atoms with Gasteiger partial charge in [-0.2, -0.15) is 0 Å². The van der Waals surface area contributed by atoms with Crippen LogP contribution in [0, 0.1) is 0 Å². The van der Waals surface area contributed by atoms with Gasteiger partial charge >= 0.3 is 0 Å². The molecule has 90 valence electrons. The average Bonchev–Trinajstić information content (AvgIpc) is 2.66. The van der Waals surface area contributed by atoms with Gasteiger partial charge in [-0.05, 0) is 26.3 Å². The van der Waals surface area contributed by atoms with Crippen molar-refractivity contribution in [1.82, 2.24) is 5.32 Å². The van der Waals surface area contributed by atoms with Gasteiger partial charge in [0.25, 0.3) is 0 Å². The maximum absolute atomic E-state index is 11.8. The molecule has 0 spiro atoms. The summed E-state index contributed by atoms with van der Waals surface area (Å²) in [6.07, 6.45) is 2.64. The number of hydrogen-bond donors (Lipinski definition) is 1. The van der Waals surface area contributed by atoms with Crippen molar-refractivity contribution in [2.24, 2.45) is 0 Å². The summed E-state index contributed by atoms with van der Waals surface area (Å²) >= 11 is 0. The van der Waals surface area contributed by atoms with Crippen LogP contribution >= 0.6 is 0 Å². The maximum atomic E-state index is 11.8. The zero-order valence-electron chi connectivity index (χ0n) is 9.53. The molecule has 0 saturated carbocycles. The Balaban J connectivity index is 2.43. The molecule has 2 atom stereocenters. The predicted octanol–water partition coefficient (Wildman–Crippen LogP) is 0.578. The Morgan fingerprint density at radius 3 is 2.73 bits per heavy atom. The van der Waals surface area contributed by atoms with Crippen LogP contribution in [0.25, 0.3) is 0 Å². The summed E-state index contributed by atoms with van der Waals surface area (Å²) in [5.74, 6) is 0.408.